The molecule has 0 unspecified atom stereocenters. The monoisotopic (exact) mass is 314 g/mol. The molecule has 0 aliphatic heterocycles. The van der Waals surface area contributed by atoms with Crippen LogP contribution in [0.5, 0.6) is 0 Å². The number of amides is 1. The highest BCUT2D eigenvalue weighted by atomic mass is 35.5. The van der Waals surface area contributed by atoms with Crippen LogP contribution in [0.25, 0.3) is 0 Å². The molecule has 3 nitrogen and oxygen atoms in total. The van der Waals surface area contributed by atoms with Crippen LogP contribution in [-0.4, -0.2) is 11.4 Å². The number of anilines is 1. The number of rotatable bonds is 2. The van der Waals surface area contributed by atoms with Crippen molar-refractivity contribution >= 4 is 34.7 Å². The average molecular weight is 315 g/mol. The number of carbonyl (C=O) groups excluding carboxylic acids is 1. The van der Waals surface area contributed by atoms with Crippen molar-refractivity contribution in [2.75, 3.05) is 5.32 Å². The lowest BCUT2D eigenvalue weighted by Gasteiger charge is -2.22. The van der Waals surface area contributed by atoms with Gasteiger partial charge in [-0.1, -0.05) is 12.8 Å². The maximum atomic E-state index is 12.4. The Morgan fingerprint density at radius 1 is 1.20 bits per heavy atom. The van der Waals surface area contributed by atoms with Crippen molar-refractivity contribution in [3.63, 3.8) is 0 Å². The Labute approximate surface area is 130 Å². The number of thiophene rings is 1. The van der Waals surface area contributed by atoms with Crippen LogP contribution in [0, 0.1) is 6.92 Å². The average Bonchev–Trinajstić information content (AvgIpc) is 2.97. The summed E-state index contributed by atoms with van der Waals surface area (Å²) < 4.78 is 0. The second-order valence-electron chi connectivity index (χ2n) is 5.98. The Morgan fingerprint density at radius 2 is 1.85 bits per heavy atom. The van der Waals surface area contributed by atoms with Gasteiger partial charge in [-0.3, -0.25) is 4.79 Å². The van der Waals surface area contributed by atoms with Gasteiger partial charge in [0.25, 0.3) is 0 Å². The number of hydrogen-bond acceptors (Lipinski definition) is 3. The molecule has 1 aromatic rings. The summed E-state index contributed by atoms with van der Waals surface area (Å²) >= 11 is 1.76. The van der Waals surface area contributed by atoms with E-state index in [0.29, 0.717) is 0 Å². The summed E-state index contributed by atoms with van der Waals surface area (Å²) in [4.78, 5) is 13.8. The van der Waals surface area contributed by atoms with Gasteiger partial charge in [0, 0.05) is 4.88 Å². The van der Waals surface area contributed by atoms with Crippen LogP contribution in [0.2, 0.25) is 0 Å². The maximum Gasteiger partial charge on any atom is 0.245 e. The molecule has 0 aromatic carbocycles. The van der Waals surface area contributed by atoms with Crippen LogP contribution in [-0.2, 0) is 17.6 Å². The quantitative estimate of drug-likeness (QED) is 0.877. The van der Waals surface area contributed by atoms with E-state index in [0.717, 1.165) is 30.7 Å². The van der Waals surface area contributed by atoms with Crippen molar-refractivity contribution in [2.45, 2.75) is 63.8 Å². The fourth-order valence-corrected chi connectivity index (χ4v) is 4.59. The summed E-state index contributed by atoms with van der Waals surface area (Å²) in [5.74, 6) is 0.0201. The van der Waals surface area contributed by atoms with E-state index in [1.54, 1.807) is 11.3 Å². The highest BCUT2D eigenvalue weighted by Crippen LogP contribution is 2.38. The zero-order valence-corrected chi connectivity index (χ0v) is 13.6. The molecule has 1 aromatic heterocycles. The Kier molecular flexibility index (Phi) is 4.77. The summed E-state index contributed by atoms with van der Waals surface area (Å²) in [5, 5.41) is 4.14. The van der Waals surface area contributed by atoms with Crippen LogP contribution in [0.15, 0.2) is 0 Å². The first kappa shape index (κ1) is 15.8. The number of nitrogens with two attached hydrogens (primary N) is 1. The fraction of sp³-hybridized carbons (Fsp3) is 0.667. The number of fused-ring (bicyclic) bond motifs is 1. The zero-order chi connectivity index (χ0) is 13.5. The van der Waals surface area contributed by atoms with Crippen molar-refractivity contribution in [1.29, 1.82) is 0 Å². The molecule has 112 valence electrons. The van der Waals surface area contributed by atoms with Crippen LogP contribution < -0.4 is 11.1 Å². The Bertz CT molecular complexity index is 506. The van der Waals surface area contributed by atoms with Crippen molar-refractivity contribution < 1.29 is 4.79 Å². The molecule has 0 saturated heterocycles. The van der Waals surface area contributed by atoms with Gasteiger partial charge in [-0.15, -0.1) is 23.7 Å². The van der Waals surface area contributed by atoms with Gasteiger partial charge < -0.3 is 11.1 Å². The third-order valence-electron chi connectivity index (χ3n) is 4.61. The predicted molar refractivity (Wildman–Crippen MR) is 87.0 cm³/mol. The van der Waals surface area contributed by atoms with Gasteiger partial charge in [0.2, 0.25) is 5.91 Å². The molecule has 0 spiro atoms. The van der Waals surface area contributed by atoms with Crippen molar-refractivity contribution in [1.82, 2.24) is 0 Å². The lowest BCUT2D eigenvalue weighted by molar-refractivity contribution is -0.120. The van der Waals surface area contributed by atoms with Crippen molar-refractivity contribution in [3.05, 3.63) is 16.0 Å². The highest BCUT2D eigenvalue weighted by molar-refractivity contribution is 7.16. The Hall–Kier alpha value is -0.580. The van der Waals surface area contributed by atoms with Gasteiger partial charge >= 0.3 is 0 Å². The third kappa shape index (κ3) is 2.74. The molecule has 3 rings (SSSR count). The lowest BCUT2D eigenvalue weighted by Crippen LogP contribution is -2.48. The molecule has 5 heteroatoms. The number of halogens is 1. The largest absolute Gasteiger partial charge is 0.317 e. The summed E-state index contributed by atoms with van der Waals surface area (Å²) in [6.07, 6.45) is 8.69. The van der Waals surface area contributed by atoms with E-state index in [1.165, 1.54) is 41.7 Å². The molecule has 2 aliphatic rings. The minimum absolute atomic E-state index is 0. The third-order valence-corrected chi connectivity index (χ3v) is 5.92. The highest BCUT2D eigenvalue weighted by Gasteiger charge is 2.37. The second kappa shape index (κ2) is 6.04. The first-order valence-electron chi connectivity index (χ1n) is 7.32. The van der Waals surface area contributed by atoms with E-state index in [4.69, 9.17) is 5.73 Å². The Balaban J connectivity index is 0.00000147. The lowest BCUT2D eigenvalue weighted by atomic mass is 9.95. The molecule has 0 radical (unpaired) electrons. The molecule has 20 heavy (non-hydrogen) atoms. The van der Waals surface area contributed by atoms with Gasteiger partial charge in [0.1, 0.15) is 0 Å². The number of hydrogen-bond donors (Lipinski definition) is 2. The molecule has 1 heterocycles. The van der Waals surface area contributed by atoms with E-state index in [-0.39, 0.29) is 18.3 Å². The van der Waals surface area contributed by atoms with Gasteiger partial charge in [0.15, 0.2) is 0 Å². The van der Waals surface area contributed by atoms with Crippen molar-refractivity contribution in [2.24, 2.45) is 5.73 Å². The van der Waals surface area contributed by atoms with E-state index in [2.05, 4.69) is 12.2 Å². The Morgan fingerprint density at radius 3 is 2.50 bits per heavy atom. The number of aryl methyl sites for hydroxylation is 1. The molecule has 1 saturated carbocycles. The van der Waals surface area contributed by atoms with Gasteiger partial charge in [0.05, 0.1) is 10.5 Å². The summed E-state index contributed by atoms with van der Waals surface area (Å²) in [6, 6.07) is 0. The van der Waals surface area contributed by atoms with Crippen LogP contribution in [0.3, 0.4) is 0 Å². The van der Waals surface area contributed by atoms with Gasteiger partial charge in [-0.05, 0) is 56.6 Å². The molecular formula is C15H23ClN2OS. The van der Waals surface area contributed by atoms with Crippen LogP contribution in [0.1, 0.15) is 54.5 Å². The topological polar surface area (TPSA) is 55.1 Å². The summed E-state index contributed by atoms with van der Waals surface area (Å²) in [7, 11) is 0. The normalized spacial score (nSPS) is 20.1. The minimum atomic E-state index is -0.628. The molecule has 1 amide bonds. The zero-order valence-electron chi connectivity index (χ0n) is 12.0. The molecule has 0 atom stereocenters. The second-order valence-corrected chi connectivity index (χ2v) is 7.09. The SMILES string of the molecule is Cc1c(NC(=O)C2(N)CCCC2)sc2c1CCCC2.Cl. The maximum absolute atomic E-state index is 12.4. The van der Waals surface area contributed by atoms with Crippen molar-refractivity contribution in [3.8, 4) is 0 Å². The molecule has 3 N–H and O–H groups in total. The van der Waals surface area contributed by atoms with E-state index in [9.17, 15) is 4.79 Å². The van der Waals surface area contributed by atoms with Crippen LogP contribution >= 0.6 is 23.7 Å². The van der Waals surface area contributed by atoms with E-state index in [1.807, 2.05) is 0 Å². The number of nitrogens with one attached hydrogen (secondary N) is 1. The fourth-order valence-electron chi connectivity index (χ4n) is 3.30. The molecule has 2 aliphatic carbocycles. The molecule has 0 bridgehead atoms. The minimum Gasteiger partial charge on any atom is -0.317 e. The van der Waals surface area contributed by atoms with Crippen LogP contribution in [0.4, 0.5) is 5.00 Å². The van der Waals surface area contributed by atoms with E-state index < -0.39 is 5.54 Å². The first-order valence-corrected chi connectivity index (χ1v) is 8.13. The summed E-state index contributed by atoms with van der Waals surface area (Å²) in [5.41, 5.74) is 8.34. The molecule has 1 fully saturated rings. The predicted octanol–water partition coefficient (Wildman–Crippen LogP) is 3.57. The summed E-state index contributed by atoms with van der Waals surface area (Å²) in [6.45, 7) is 2.13. The smallest absolute Gasteiger partial charge is 0.245 e. The number of carbonyl (C=O) groups is 1. The first-order chi connectivity index (χ1) is 9.10. The van der Waals surface area contributed by atoms with E-state index >= 15 is 0 Å². The molecular weight excluding hydrogens is 292 g/mol. The van der Waals surface area contributed by atoms with Gasteiger partial charge in [-0.25, -0.2) is 0 Å². The van der Waals surface area contributed by atoms with Gasteiger partial charge in [-0.2, -0.15) is 0 Å². The standard InChI is InChI=1S/C15H22N2OS.ClH/c1-10-11-6-2-3-7-12(11)19-13(10)17-14(18)15(16)8-4-5-9-15;/h2-9,16H2,1H3,(H,17,18);1H.